The van der Waals surface area contributed by atoms with Crippen molar-refractivity contribution in [3.8, 4) is 5.69 Å². The summed E-state index contributed by atoms with van der Waals surface area (Å²) in [5, 5.41) is 0. The number of rotatable bonds is 3. The normalized spacial score (nSPS) is 10.3. The summed E-state index contributed by atoms with van der Waals surface area (Å²) in [7, 11) is 1.25. The number of nitrogens with zero attached hydrogens (tertiary/aromatic N) is 2. The Labute approximate surface area is 115 Å². The van der Waals surface area contributed by atoms with E-state index in [1.165, 1.54) is 7.11 Å². The van der Waals surface area contributed by atoms with E-state index < -0.39 is 11.9 Å². The first kappa shape index (κ1) is 13.6. The van der Waals surface area contributed by atoms with Gasteiger partial charge < -0.3 is 16.2 Å². The lowest BCUT2D eigenvalue weighted by Crippen LogP contribution is -2.12. The Hall–Kier alpha value is -2.83. The number of nitrogens with two attached hydrogens (primary N) is 2. The maximum Gasteiger partial charge on any atom is 0.360 e. The van der Waals surface area contributed by atoms with E-state index in [2.05, 4.69) is 9.72 Å². The molecule has 0 saturated heterocycles. The standard InChI is InChI=1S/C13H14N4O3/c1-7-16-10(13(19)20-2)11(14)17(7)9-5-3-4-8(6-9)12(15)18/h3-6H,14H2,1-2H3,(H2,15,18). The van der Waals surface area contributed by atoms with Crippen LogP contribution in [-0.4, -0.2) is 28.5 Å². The molecule has 7 nitrogen and oxygen atoms in total. The van der Waals surface area contributed by atoms with Crippen molar-refractivity contribution in [3.05, 3.63) is 41.3 Å². The summed E-state index contributed by atoms with van der Waals surface area (Å²) >= 11 is 0. The number of primary amides is 1. The number of imidazole rings is 1. The van der Waals surface area contributed by atoms with E-state index in [1.807, 2.05) is 0 Å². The maximum atomic E-state index is 11.6. The Morgan fingerprint density at radius 1 is 1.35 bits per heavy atom. The van der Waals surface area contributed by atoms with Crippen molar-refractivity contribution in [2.24, 2.45) is 5.73 Å². The van der Waals surface area contributed by atoms with Gasteiger partial charge in [-0.25, -0.2) is 9.78 Å². The zero-order valence-electron chi connectivity index (χ0n) is 11.1. The largest absolute Gasteiger partial charge is 0.464 e. The molecule has 20 heavy (non-hydrogen) atoms. The highest BCUT2D eigenvalue weighted by Crippen LogP contribution is 2.21. The number of benzene rings is 1. The average Bonchev–Trinajstić information content (AvgIpc) is 2.73. The van der Waals surface area contributed by atoms with Crippen LogP contribution in [0.3, 0.4) is 0 Å². The lowest BCUT2D eigenvalue weighted by atomic mass is 10.2. The van der Waals surface area contributed by atoms with E-state index in [4.69, 9.17) is 11.5 Å². The zero-order chi connectivity index (χ0) is 14.9. The maximum absolute atomic E-state index is 11.6. The van der Waals surface area contributed by atoms with Gasteiger partial charge in [0.25, 0.3) is 0 Å². The van der Waals surface area contributed by atoms with Gasteiger partial charge in [-0.05, 0) is 25.1 Å². The fraction of sp³-hybridized carbons (Fsp3) is 0.154. The topological polar surface area (TPSA) is 113 Å². The Bertz CT molecular complexity index is 691. The number of aromatic nitrogens is 2. The van der Waals surface area contributed by atoms with Crippen LogP contribution in [0.5, 0.6) is 0 Å². The summed E-state index contributed by atoms with van der Waals surface area (Å²) in [4.78, 5) is 26.8. The van der Waals surface area contributed by atoms with Crippen molar-refractivity contribution in [2.45, 2.75) is 6.92 Å². The molecule has 0 aliphatic rings. The van der Waals surface area contributed by atoms with Gasteiger partial charge in [0.1, 0.15) is 11.6 Å². The molecule has 1 aromatic carbocycles. The molecular weight excluding hydrogens is 260 g/mol. The third-order valence-electron chi connectivity index (χ3n) is 2.85. The van der Waals surface area contributed by atoms with Crippen LogP contribution in [0.4, 0.5) is 5.82 Å². The summed E-state index contributed by atoms with van der Waals surface area (Å²) in [5.74, 6) is -0.507. The molecule has 2 aromatic rings. The lowest BCUT2D eigenvalue weighted by Gasteiger charge is -2.08. The molecule has 104 valence electrons. The molecule has 1 aromatic heterocycles. The Morgan fingerprint density at radius 3 is 2.65 bits per heavy atom. The van der Waals surface area contributed by atoms with Crippen molar-refractivity contribution < 1.29 is 14.3 Å². The van der Waals surface area contributed by atoms with Crippen LogP contribution in [0.2, 0.25) is 0 Å². The number of esters is 1. The number of anilines is 1. The van der Waals surface area contributed by atoms with Crippen LogP contribution in [0.1, 0.15) is 26.7 Å². The molecule has 0 aliphatic heterocycles. The van der Waals surface area contributed by atoms with Crippen molar-refractivity contribution in [2.75, 3.05) is 12.8 Å². The van der Waals surface area contributed by atoms with E-state index in [1.54, 1.807) is 35.8 Å². The molecule has 0 saturated carbocycles. The number of carbonyl (C=O) groups excluding carboxylic acids is 2. The first-order valence-corrected chi connectivity index (χ1v) is 5.79. The van der Waals surface area contributed by atoms with Gasteiger partial charge in [0.05, 0.1) is 7.11 Å². The smallest absolute Gasteiger partial charge is 0.360 e. The fourth-order valence-corrected chi connectivity index (χ4v) is 1.92. The SMILES string of the molecule is COC(=O)c1nc(C)n(-c2cccc(C(N)=O)c2)c1N. The summed E-state index contributed by atoms with van der Waals surface area (Å²) in [6.07, 6.45) is 0. The van der Waals surface area contributed by atoms with E-state index in [0.29, 0.717) is 17.1 Å². The molecule has 2 rings (SSSR count). The molecule has 0 radical (unpaired) electrons. The van der Waals surface area contributed by atoms with Crippen LogP contribution in [0.25, 0.3) is 5.69 Å². The first-order chi connectivity index (χ1) is 9.45. The molecule has 0 spiro atoms. The first-order valence-electron chi connectivity index (χ1n) is 5.79. The number of hydrogen-bond acceptors (Lipinski definition) is 5. The number of carbonyl (C=O) groups is 2. The third-order valence-corrected chi connectivity index (χ3v) is 2.85. The summed E-state index contributed by atoms with van der Waals surface area (Å²) in [6, 6.07) is 6.58. The molecule has 0 aliphatic carbocycles. The molecule has 1 heterocycles. The molecule has 0 bridgehead atoms. The Morgan fingerprint density at radius 2 is 2.05 bits per heavy atom. The van der Waals surface area contributed by atoms with Gasteiger partial charge in [-0.3, -0.25) is 9.36 Å². The predicted molar refractivity (Wildman–Crippen MR) is 72.6 cm³/mol. The van der Waals surface area contributed by atoms with E-state index in [9.17, 15) is 9.59 Å². The van der Waals surface area contributed by atoms with Crippen molar-refractivity contribution in [3.63, 3.8) is 0 Å². The molecule has 7 heteroatoms. The minimum Gasteiger partial charge on any atom is -0.464 e. The molecule has 1 amide bonds. The van der Waals surface area contributed by atoms with Crippen LogP contribution in [0.15, 0.2) is 24.3 Å². The van der Waals surface area contributed by atoms with Crippen molar-refractivity contribution in [1.29, 1.82) is 0 Å². The number of aryl methyl sites for hydroxylation is 1. The monoisotopic (exact) mass is 274 g/mol. The van der Waals surface area contributed by atoms with Crippen molar-refractivity contribution in [1.82, 2.24) is 9.55 Å². The molecular formula is C13H14N4O3. The van der Waals surface area contributed by atoms with Gasteiger partial charge in [0.15, 0.2) is 5.69 Å². The van der Waals surface area contributed by atoms with Gasteiger partial charge in [0.2, 0.25) is 5.91 Å². The minimum absolute atomic E-state index is 0.0366. The second-order valence-corrected chi connectivity index (χ2v) is 4.13. The second-order valence-electron chi connectivity index (χ2n) is 4.13. The molecule has 4 N–H and O–H groups in total. The van der Waals surface area contributed by atoms with Gasteiger partial charge in [0, 0.05) is 11.3 Å². The molecule has 0 fully saturated rings. The second kappa shape index (κ2) is 5.04. The van der Waals surface area contributed by atoms with Crippen LogP contribution < -0.4 is 11.5 Å². The molecule has 0 unspecified atom stereocenters. The number of hydrogen-bond donors (Lipinski definition) is 2. The summed E-state index contributed by atoms with van der Waals surface area (Å²) in [5.41, 5.74) is 12.1. The number of ether oxygens (including phenoxy) is 1. The highest BCUT2D eigenvalue weighted by atomic mass is 16.5. The van der Waals surface area contributed by atoms with Crippen molar-refractivity contribution >= 4 is 17.7 Å². The third kappa shape index (κ3) is 2.20. The average molecular weight is 274 g/mol. The van der Waals surface area contributed by atoms with E-state index in [-0.39, 0.29) is 11.5 Å². The van der Waals surface area contributed by atoms with Crippen LogP contribution in [-0.2, 0) is 4.74 Å². The zero-order valence-corrected chi connectivity index (χ0v) is 11.1. The molecule has 0 atom stereocenters. The quantitative estimate of drug-likeness (QED) is 0.798. The highest BCUT2D eigenvalue weighted by molar-refractivity contribution is 5.94. The Kier molecular flexibility index (Phi) is 3.43. The fourth-order valence-electron chi connectivity index (χ4n) is 1.92. The van der Waals surface area contributed by atoms with Crippen LogP contribution in [0, 0.1) is 6.92 Å². The summed E-state index contributed by atoms with van der Waals surface area (Å²) in [6.45, 7) is 1.69. The van der Waals surface area contributed by atoms with E-state index in [0.717, 1.165) is 0 Å². The van der Waals surface area contributed by atoms with Gasteiger partial charge in [-0.2, -0.15) is 0 Å². The lowest BCUT2D eigenvalue weighted by molar-refractivity contribution is 0.0595. The van der Waals surface area contributed by atoms with Gasteiger partial charge >= 0.3 is 5.97 Å². The van der Waals surface area contributed by atoms with Crippen LogP contribution >= 0.6 is 0 Å². The van der Waals surface area contributed by atoms with Gasteiger partial charge in [-0.15, -0.1) is 0 Å². The number of nitrogen functional groups attached to an aromatic ring is 1. The summed E-state index contributed by atoms with van der Waals surface area (Å²) < 4.78 is 6.17. The minimum atomic E-state index is -0.615. The van der Waals surface area contributed by atoms with Gasteiger partial charge in [-0.1, -0.05) is 6.07 Å². The van der Waals surface area contributed by atoms with E-state index >= 15 is 0 Å². The number of amides is 1. The highest BCUT2D eigenvalue weighted by Gasteiger charge is 2.20. The Balaban J connectivity index is 2.58. The number of methoxy groups -OCH3 is 1. The predicted octanol–water partition coefficient (Wildman–Crippen LogP) is 0.648.